The molecule has 1 heterocycles. The van der Waals surface area contributed by atoms with Gasteiger partial charge in [-0.1, -0.05) is 6.07 Å². The molecule has 102 valence electrons. The van der Waals surface area contributed by atoms with E-state index in [4.69, 9.17) is 5.11 Å². The lowest BCUT2D eigenvalue weighted by atomic mass is 10.2. The Hall–Kier alpha value is -2.01. The van der Waals surface area contributed by atoms with E-state index < -0.39 is 0 Å². The molecule has 0 spiro atoms. The molecule has 0 aliphatic rings. The summed E-state index contributed by atoms with van der Waals surface area (Å²) in [5.74, 6) is 0. The molecular formula is C14H19N3O2. The standard InChI is InChI=1S/C14H19N3O2/c1-3-17-7-6-11-4-5-12(8-13(11)17)16-14(19)15-10(2)9-18/h4-8,10,18H,3,9H2,1-2H3,(H2,15,16,19). The fourth-order valence-electron chi connectivity index (χ4n) is 1.97. The predicted octanol–water partition coefficient (Wildman–Crippen LogP) is 2.16. The van der Waals surface area contributed by atoms with Gasteiger partial charge in [-0.3, -0.25) is 0 Å². The Kier molecular flexibility index (Phi) is 4.06. The van der Waals surface area contributed by atoms with Gasteiger partial charge in [0.25, 0.3) is 0 Å². The van der Waals surface area contributed by atoms with Gasteiger partial charge >= 0.3 is 6.03 Å². The summed E-state index contributed by atoms with van der Waals surface area (Å²) in [6, 6.07) is 7.27. The van der Waals surface area contributed by atoms with Crippen LogP contribution in [0.4, 0.5) is 10.5 Å². The van der Waals surface area contributed by atoms with Crippen molar-refractivity contribution >= 4 is 22.6 Å². The minimum atomic E-state index is -0.310. The third-order valence-corrected chi connectivity index (χ3v) is 3.02. The fraction of sp³-hybridized carbons (Fsp3) is 0.357. The third-order valence-electron chi connectivity index (χ3n) is 3.02. The lowest BCUT2D eigenvalue weighted by molar-refractivity contribution is 0.229. The SMILES string of the molecule is CCn1ccc2ccc(NC(=O)NC(C)CO)cc21. The van der Waals surface area contributed by atoms with Crippen LogP contribution in [0.3, 0.4) is 0 Å². The second kappa shape index (κ2) is 5.75. The molecule has 0 radical (unpaired) electrons. The van der Waals surface area contributed by atoms with E-state index in [1.165, 1.54) is 0 Å². The highest BCUT2D eigenvalue weighted by Crippen LogP contribution is 2.20. The second-order valence-corrected chi connectivity index (χ2v) is 4.56. The molecule has 5 nitrogen and oxygen atoms in total. The molecule has 19 heavy (non-hydrogen) atoms. The van der Waals surface area contributed by atoms with Crippen LogP contribution in [0.15, 0.2) is 30.5 Å². The Morgan fingerprint density at radius 2 is 2.21 bits per heavy atom. The molecule has 1 aromatic carbocycles. The molecule has 0 saturated heterocycles. The van der Waals surface area contributed by atoms with Crippen LogP contribution in [0.25, 0.3) is 10.9 Å². The summed E-state index contributed by atoms with van der Waals surface area (Å²) in [6.45, 7) is 4.63. The number of benzene rings is 1. The molecule has 2 rings (SSSR count). The number of urea groups is 1. The number of hydrogen-bond donors (Lipinski definition) is 3. The van der Waals surface area contributed by atoms with Crippen LogP contribution in [0.1, 0.15) is 13.8 Å². The molecule has 1 unspecified atom stereocenters. The summed E-state index contributed by atoms with van der Waals surface area (Å²) in [5, 5.41) is 15.4. The molecule has 0 saturated carbocycles. The van der Waals surface area contributed by atoms with Crippen LogP contribution in [-0.4, -0.2) is 28.4 Å². The zero-order valence-electron chi connectivity index (χ0n) is 11.2. The van der Waals surface area contributed by atoms with Gasteiger partial charge in [-0.15, -0.1) is 0 Å². The fourth-order valence-corrected chi connectivity index (χ4v) is 1.97. The number of aliphatic hydroxyl groups excluding tert-OH is 1. The first-order chi connectivity index (χ1) is 9.13. The summed E-state index contributed by atoms with van der Waals surface area (Å²) < 4.78 is 2.12. The highest BCUT2D eigenvalue weighted by molar-refractivity contribution is 5.92. The van der Waals surface area contributed by atoms with Crippen molar-refractivity contribution in [1.82, 2.24) is 9.88 Å². The molecule has 0 aliphatic carbocycles. The zero-order valence-corrected chi connectivity index (χ0v) is 11.2. The first kappa shape index (κ1) is 13.4. The van der Waals surface area contributed by atoms with Gasteiger partial charge in [-0.05, 0) is 37.4 Å². The Morgan fingerprint density at radius 1 is 1.42 bits per heavy atom. The Morgan fingerprint density at radius 3 is 2.89 bits per heavy atom. The normalized spacial score (nSPS) is 12.4. The largest absolute Gasteiger partial charge is 0.394 e. The molecule has 0 fully saturated rings. The van der Waals surface area contributed by atoms with E-state index in [1.54, 1.807) is 6.92 Å². The molecule has 2 aromatic rings. The number of carbonyl (C=O) groups is 1. The summed E-state index contributed by atoms with van der Waals surface area (Å²) in [4.78, 5) is 11.7. The van der Waals surface area contributed by atoms with Gasteiger partial charge in [-0.25, -0.2) is 4.79 Å². The van der Waals surface area contributed by atoms with E-state index in [2.05, 4.69) is 28.2 Å². The number of nitrogens with one attached hydrogen (secondary N) is 2. The van der Waals surface area contributed by atoms with Crippen LogP contribution < -0.4 is 10.6 Å². The van der Waals surface area contributed by atoms with Gasteiger partial charge in [0.15, 0.2) is 0 Å². The van der Waals surface area contributed by atoms with E-state index >= 15 is 0 Å². The van der Waals surface area contributed by atoms with E-state index in [1.807, 2.05) is 24.4 Å². The molecule has 3 N–H and O–H groups in total. The van der Waals surface area contributed by atoms with Crippen LogP contribution in [-0.2, 0) is 6.54 Å². The van der Waals surface area contributed by atoms with Crippen LogP contribution in [0.5, 0.6) is 0 Å². The highest BCUT2D eigenvalue weighted by Gasteiger charge is 2.07. The number of carbonyl (C=O) groups excluding carboxylic acids is 1. The Balaban J connectivity index is 2.14. The van der Waals surface area contributed by atoms with Crippen LogP contribution >= 0.6 is 0 Å². The van der Waals surface area contributed by atoms with Gasteiger partial charge in [0.2, 0.25) is 0 Å². The molecule has 5 heteroatoms. The summed E-state index contributed by atoms with van der Waals surface area (Å²) in [6.07, 6.45) is 2.03. The number of aryl methyl sites for hydroxylation is 1. The monoisotopic (exact) mass is 261 g/mol. The third kappa shape index (κ3) is 3.06. The number of aliphatic hydroxyl groups is 1. The molecular weight excluding hydrogens is 242 g/mol. The van der Waals surface area contributed by atoms with Crippen molar-refractivity contribution in [2.45, 2.75) is 26.4 Å². The van der Waals surface area contributed by atoms with Crippen LogP contribution in [0.2, 0.25) is 0 Å². The molecule has 0 bridgehead atoms. The number of aromatic nitrogens is 1. The van der Waals surface area contributed by atoms with Crippen molar-refractivity contribution in [1.29, 1.82) is 0 Å². The lowest BCUT2D eigenvalue weighted by Crippen LogP contribution is -2.38. The average Bonchev–Trinajstić information content (AvgIpc) is 2.80. The number of amides is 2. The number of nitrogens with zero attached hydrogens (tertiary/aromatic N) is 1. The molecule has 0 aliphatic heterocycles. The van der Waals surface area contributed by atoms with Crippen molar-refractivity contribution in [3.63, 3.8) is 0 Å². The topological polar surface area (TPSA) is 66.3 Å². The van der Waals surface area contributed by atoms with Gasteiger partial charge in [0.1, 0.15) is 0 Å². The van der Waals surface area contributed by atoms with E-state index in [0.29, 0.717) is 0 Å². The van der Waals surface area contributed by atoms with Gasteiger partial charge in [0, 0.05) is 18.4 Å². The minimum absolute atomic E-state index is 0.0782. The van der Waals surface area contributed by atoms with E-state index in [9.17, 15) is 4.79 Å². The van der Waals surface area contributed by atoms with Gasteiger partial charge in [0.05, 0.1) is 18.2 Å². The Labute approximate surface area is 112 Å². The molecule has 1 atom stereocenters. The van der Waals surface area contributed by atoms with Crippen molar-refractivity contribution in [2.24, 2.45) is 0 Å². The minimum Gasteiger partial charge on any atom is -0.394 e. The van der Waals surface area contributed by atoms with Crippen molar-refractivity contribution < 1.29 is 9.90 Å². The molecule has 2 amide bonds. The van der Waals surface area contributed by atoms with E-state index in [0.717, 1.165) is 23.1 Å². The van der Waals surface area contributed by atoms with E-state index in [-0.39, 0.29) is 18.7 Å². The van der Waals surface area contributed by atoms with Crippen molar-refractivity contribution in [3.05, 3.63) is 30.5 Å². The van der Waals surface area contributed by atoms with Gasteiger partial charge in [-0.2, -0.15) is 0 Å². The quantitative estimate of drug-likeness (QED) is 0.789. The maximum absolute atomic E-state index is 11.7. The zero-order chi connectivity index (χ0) is 13.8. The second-order valence-electron chi connectivity index (χ2n) is 4.56. The summed E-state index contributed by atoms with van der Waals surface area (Å²) in [5.41, 5.74) is 1.83. The number of anilines is 1. The molecule has 1 aromatic heterocycles. The van der Waals surface area contributed by atoms with Crippen molar-refractivity contribution in [3.8, 4) is 0 Å². The highest BCUT2D eigenvalue weighted by atomic mass is 16.3. The van der Waals surface area contributed by atoms with Gasteiger partial charge < -0.3 is 20.3 Å². The number of hydrogen-bond acceptors (Lipinski definition) is 2. The maximum Gasteiger partial charge on any atom is 0.319 e. The summed E-state index contributed by atoms with van der Waals surface area (Å²) in [7, 11) is 0. The van der Waals surface area contributed by atoms with Crippen LogP contribution in [0, 0.1) is 0 Å². The lowest BCUT2D eigenvalue weighted by Gasteiger charge is -2.12. The average molecular weight is 261 g/mol. The smallest absolute Gasteiger partial charge is 0.319 e. The number of fused-ring (bicyclic) bond motifs is 1. The summed E-state index contributed by atoms with van der Waals surface area (Å²) >= 11 is 0. The predicted molar refractivity (Wildman–Crippen MR) is 76.3 cm³/mol. The first-order valence-corrected chi connectivity index (χ1v) is 6.41. The first-order valence-electron chi connectivity index (χ1n) is 6.41. The Bertz CT molecular complexity index is 577. The number of rotatable bonds is 4. The maximum atomic E-state index is 11.7. The van der Waals surface area contributed by atoms with Crippen molar-refractivity contribution in [2.75, 3.05) is 11.9 Å².